The number of sulfonamides is 1. The summed E-state index contributed by atoms with van der Waals surface area (Å²) in [5.41, 5.74) is 0.126. The molecule has 10 heteroatoms. The molecule has 0 N–H and O–H groups in total. The number of benzene rings is 1. The van der Waals surface area contributed by atoms with E-state index in [0.29, 0.717) is 11.5 Å². The summed E-state index contributed by atoms with van der Waals surface area (Å²) < 4.78 is 49.9. The van der Waals surface area contributed by atoms with E-state index in [-0.39, 0.29) is 42.7 Å². The first kappa shape index (κ1) is 18.4. The van der Waals surface area contributed by atoms with Crippen LogP contribution in [0.5, 0.6) is 0 Å². The third kappa shape index (κ3) is 3.43. The fraction of sp³-hybridized carbons (Fsp3) is 0.222. The van der Waals surface area contributed by atoms with Gasteiger partial charge in [0.25, 0.3) is 5.91 Å². The number of piperazine rings is 1. The third-order valence-electron chi connectivity index (χ3n) is 4.47. The summed E-state index contributed by atoms with van der Waals surface area (Å²) in [6.45, 7) is 0.688. The minimum absolute atomic E-state index is 0.0215. The van der Waals surface area contributed by atoms with Crippen LogP contribution in [0, 0.1) is 5.82 Å². The number of amides is 1. The van der Waals surface area contributed by atoms with Crippen molar-refractivity contribution in [3.63, 3.8) is 0 Å². The van der Waals surface area contributed by atoms with Crippen molar-refractivity contribution < 1.29 is 26.5 Å². The molecule has 3 heterocycles. The number of hydrogen-bond acceptors (Lipinski definition) is 6. The van der Waals surface area contributed by atoms with E-state index in [1.165, 1.54) is 33.7 Å². The fourth-order valence-electron chi connectivity index (χ4n) is 2.96. The molecule has 0 bridgehead atoms. The van der Waals surface area contributed by atoms with E-state index in [9.17, 15) is 17.6 Å². The van der Waals surface area contributed by atoms with Crippen LogP contribution < -0.4 is 0 Å². The van der Waals surface area contributed by atoms with Gasteiger partial charge in [-0.2, -0.15) is 4.31 Å². The summed E-state index contributed by atoms with van der Waals surface area (Å²) in [5.74, 6) is -0.0519. The zero-order valence-electron chi connectivity index (χ0n) is 14.6. The van der Waals surface area contributed by atoms with Gasteiger partial charge in [-0.05, 0) is 36.4 Å². The van der Waals surface area contributed by atoms with Crippen molar-refractivity contribution in [1.82, 2.24) is 14.4 Å². The van der Waals surface area contributed by atoms with Crippen LogP contribution in [-0.4, -0.2) is 54.9 Å². The average Bonchev–Trinajstić information content (AvgIpc) is 3.39. The Bertz CT molecular complexity index is 1070. The maximum absolute atomic E-state index is 13.0. The minimum Gasteiger partial charge on any atom is -0.461 e. The molecule has 1 saturated heterocycles. The lowest BCUT2D eigenvalue weighted by atomic mass is 10.2. The Labute approximate surface area is 160 Å². The van der Waals surface area contributed by atoms with E-state index in [2.05, 4.69) is 5.16 Å². The van der Waals surface area contributed by atoms with Crippen LogP contribution in [0.3, 0.4) is 0 Å². The molecule has 0 aliphatic carbocycles. The highest BCUT2D eigenvalue weighted by molar-refractivity contribution is 7.89. The second kappa shape index (κ2) is 7.21. The summed E-state index contributed by atoms with van der Waals surface area (Å²) in [6, 6.07) is 9.54. The Morgan fingerprint density at radius 1 is 1.04 bits per heavy atom. The molecule has 2 aromatic heterocycles. The van der Waals surface area contributed by atoms with Gasteiger partial charge >= 0.3 is 0 Å². The highest BCUT2D eigenvalue weighted by atomic mass is 32.2. The molecule has 0 unspecified atom stereocenters. The van der Waals surface area contributed by atoms with Crippen molar-refractivity contribution in [2.75, 3.05) is 26.2 Å². The van der Waals surface area contributed by atoms with Gasteiger partial charge in [0.2, 0.25) is 15.8 Å². The van der Waals surface area contributed by atoms with E-state index in [4.69, 9.17) is 8.94 Å². The number of aromatic nitrogens is 1. The second-order valence-electron chi connectivity index (χ2n) is 6.20. The molecule has 146 valence electrons. The van der Waals surface area contributed by atoms with Gasteiger partial charge in [-0.25, -0.2) is 12.8 Å². The zero-order valence-corrected chi connectivity index (χ0v) is 15.4. The minimum atomic E-state index is -3.74. The van der Waals surface area contributed by atoms with E-state index >= 15 is 0 Å². The lowest BCUT2D eigenvalue weighted by Gasteiger charge is -2.33. The molecule has 1 aliphatic heterocycles. The molecule has 0 atom stereocenters. The first-order valence-electron chi connectivity index (χ1n) is 8.51. The Balaban J connectivity index is 1.42. The molecule has 1 amide bonds. The highest BCUT2D eigenvalue weighted by Gasteiger charge is 2.31. The van der Waals surface area contributed by atoms with Gasteiger partial charge in [-0.1, -0.05) is 5.16 Å². The first-order valence-corrected chi connectivity index (χ1v) is 9.95. The molecular weight excluding hydrogens is 389 g/mol. The quantitative estimate of drug-likeness (QED) is 0.660. The number of hydrogen-bond donors (Lipinski definition) is 0. The monoisotopic (exact) mass is 405 g/mol. The van der Waals surface area contributed by atoms with E-state index < -0.39 is 15.8 Å². The molecule has 3 aromatic rings. The van der Waals surface area contributed by atoms with Crippen LogP contribution in [0.15, 0.2) is 62.6 Å². The predicted molar refractivity (Wildman–Crippen MR) is 95.3 cm³/mol. The van der Waals surface area contributed by atoms with Crippen molar-refractivity contribution in [3.05, 3.63) is 60.2 Å². The molecule has 28 heavy (non-hydrogen) atoms. The van der Waals surface area contributed by atoms with Crippen molar-refractivity contribution in [2.24, 2.45) is 0 Å². The van der Waals surface area contributed by atoms with Gasteiger partial charge in [0.05, 0.1) is 11.2 Å². The number of carbonyl (C=O) groups is 1. The highest BCUT2D eigenvalue weighted by Crippen LogP contribution is 2.22. The topological polar surface area (TPSA) is 96.9 Å². The predicted octanol–water partition coefficient (Wildman–Crippen LogP) is 2.22. The molecule has 1 aromatic carbocycles. The molecular formula is C18H16FN3O5S. The maximum atomic E-state index is 13.0. The number of halogens is 1. The van der Waals surface area contributed by atoms with Crippen LogP contribution in [0.1, 0.15) is 10.5 Å². The summed E-state index contributed by atoms with van der Waals surface area (Å²) in [4.78, 5) is 14.1. The molecule has 1 fully saturated rings. The fourth-order valence-corrected chi connectivity index (χ4v) is 4.38. The lowest BCUT2D eigenvalue weighted by Crippen LogP contribution is -2.50. The largest absolute Gasteiger partial charge is 0.461 e. The molecule has 0 spiro atoms. The van der Waals surface area contributed by atoms with E-state index in [0.717, 1.165) is 12.1 Å². The Kier molecular flexibility index (Phi) is 4.73. The van der Waals surface area contributed by atoms with E-state index in [1.807, 2.05) is 0 Å². The summed E-state index contributed by atoms with van der Waals surface area (Å²) in [6.07, 6.45) is 1.49. The molecule has 8 nitrogen and oxygen atoms in total. The maximum Gasteiger partial charge on any atom is 0.276 e. The van der Waals surface area contributed by atoms with Crippen LogP contribution in [0.2, 0.25) is 0 Å². The van der Waals surface area contributed by atoms with Crippen LogP contribution in [-0.2, 0) is 10.0 Å². The van der Waals surface area contributed by atoms with Crippen molar-refractivity contribution >= 4 is 15.9 Å². The van der Waals surface area contributed by atoms with Crippen LogP contribution in [0.4, 0.5) is 4.39 Å². The number of rotatable bonds is 4. The van der Waals surface area contributed by atoms with Gasteiger partial charge in [0, 0.05) is 32.2 Å². The summed E-state index contributed by atoms with van der Waals surface area (Å²) in [5, 5.41) is 3.78. The summed E-state index contributed by atoms with van der Waals surface area (Å²) in [7, 11) is -3.74. The molecule has 1 aliphatic rings. The Morgan fingerprint density at radius 3 is 2.39 bits per heavy atom. The van der Waals surface area contributed by atoms with Crippen molar-refractivity contribution in [1.29, 1.82) is 0 Å². The lowest BCUT2D eigenvalue weighted by molar-refractivity contribution is 0.0687. The van der Waals surface area contributed by atoms with E-state index in [1.54, 1.807) is 12.1 Å². The molecule has 4 rings (SSSR count). The van der Waals surface area contributed by atoms with Crippen LogP contribution >= 0.6 is 0 Å². The zero-order chi connectivity index (χ0) is 19.7. The second-order valence-corrected chi connectivity index (χ2v) is 8.14. The number of carbonyl (C=O) groups excluding carboxylic acids is 1. The van der Waals surface area contributed by atoms with Crippen molar-refractivity contribution in [2.45, 2.75) is 4.90 Å². The van der Waals surface area contributed by atoms with Crippen LogP contribution in [0.25, 0.3) is 11.5 Å². The smallest absolute Gasteiger partial charge is 0.276 e. The number of furan rings is 1. The average molecular weight is 405 g/mol. The van der Waals surface area contributed by atoms with Gasteiger partial charge in [-0.3, -0.25) is 4.79 Å². The normalized spacial score (nSPS) is 15.7. The van der Waals surface area contributed by atoms with Gasteiger partial charge < -0.3 is 13.8 Å². The first-order chi connectivity index (χ1) is 13.4. The summed E-state index contributed by atoms with van der Waals surface area (Å²) >= 11 is 0. The molecule has 0 saturated carbocycles. The SMILES string of the molecule is O=C(c1cc(-c2ccco2)on1)N1CCN(S(=O)(=O)c2ccc(F)cc2)CC1. The van der Waals surface area contributed by atoms with Crippen molar-refractivity contribution in [3.8, 4) is 11.5 Å². The van der Waals surface area contributed by atoms with Gasteiger partial charge in [-0.15, -0.1) is 0 Å². The molecule has 0 radical (unpaired) electrons. The van der Waals surface area contributed by atoms with Gasteiger partial charge in [0.15, 0.2) is 11.5 Å². The van der Waals surface area contributed by atoms with Gasteiger partial charge in [0.1, 0.15) is 5.82 Å². The Morgan fingerprint density at radius 2 is 1.75 bits per heavy atom. The number of nitrogens with zero attached hydrogens (tertiary/aromatic N) is 3. The third-order valence-corrected chi connectivity index (χ3v) is 6.38. The Hall–Kier alpha value is -2.98. The standard InChI is InChI=1S/C18H16FN3O5S/c19-13-3-5-14(6-4-13)28(24,25)22-9-7-21(8-10-22)18(23)15-12-17(27-20-15)16-2-1-11-26-16/h1-6,11-12H,7-10H2.